The minimum atomic E-state index is 0.604. The monoisotopic (exact) mass is 216 g/mol. The van der Waals surface area contributed by atoms with Gasteiger partial charge in [-0.15, -0.1) is 11.8 Å². The number of thioether (sulfide) groups is 1. The fourth-order valence-corrected chi connectivity index (χ4v) is 2.15. The van der Waals surface area contributed by atoms with Crippen molar-refractivity contribution >= 4 is 23.4 Å². The van der Waals surface area contributed by atoms with E-state index in [1.54, 1.807) is 11.8 Å². The minimum absolute atomic E-state index is 0.604. The van der Waals surface area contributed by atoms with E-state index in [2.05, 4.69) is 23.8 Å². The van der Waals surface area contributed by atoms with E-state index < -0.39 is 0 Å². The predicted molar refractivity (Wildman–Crippen MR) is 57.4 cm³/mol. The summed E-state index contributed by atoms with van der Waals surface area (Å²) in [5, 5.41) is 1.64. The van der Waals surface area contributed by atoms with Crippen LogP contribution in [0.4, 0.5) is 0 Å². The Morgan fingerprint density at radius 1 is 1.38 bits per heavy atom. The van der Waals surface area contributed by atoms with Crippen molar-refractivity contribution in [2.45, 2.75) is 31.7 Å². The molecule has 4 heteroatoms. The van der Waals surface area contributed by atoms with E-state index in [1.807, 2.05) is 0 Å². The van der Waals surface area contributed by atoms with E-state index in [0.29, 0.717) is 5.15 Å². The highest BCUT2D eigenvalue weighted by Crippen LogP contribution is 2.25. The third kappa shape index (κ3) is 2.85. The van der Waals surface area contributed by atoms with Gasteiger partial charge in [-0.05, 0) is 12.2 Å². The number of hydrogen-bond donors (Lipinski definition) is 0. The van der Waals surface area contributed by atoms with Crippen molar-refractivity contribution in [2.24, 2.45) is 0 Å². The van der Waals surface area contributed by atoms with Crippen LogP contribution in [0.3, 0.4) is 0 Å². The Morgan fingerprint density at radius 3 is 2.77 bits per heavy atom. The van der Waals surface area contributed by atoms with Gasteiger partial charge in [0.05, 0.1) is 0 Å². The maximum absolute atomic E-state index is 5.98. The largest absolute Gasteiger partial charge is 0.230 e. The van der Waals surface area contributed by atoms with E-state index in [4.69, 9.17) is 11.6 Å². The molecule has 1 aromatic rings. The quantitative estimate of drug-likeness (QED) is 0.571. The van der Waals surface area contributed by atoms with Crippen molar-refractivity contribution in [3.05, 3.63) is 17.0 Å². The number of hydrogen-bond acceptors (Lipinski definition) is 3. The summed E-state index contributed by atoms with van der Waals surface area (Å²) in [7, 11) is 0. The maximum Gasteiger partial charge on any atom is 0.136 e. The molecule has 0 aliphatic carbocycles. The summed E-state index contributed by atoms with van der Waals surface area (Å²) >= 11 is 7.70. The second-order valence-corrected chi connectivity index (χ2v) is 4.24. The van der Waals surface area contributed by atoms with Gasteiger partial charge in [0.1, 0.15) is 16.5 Å². The van der Waals surface area contributed by atoms with Crippen LogP contribution in [0.25, 0.3) is 0 Å². The van der Waals surface area contributed by atoms with Crippen LogP contribution in [-0.2, 0) is 6.42 Å². The van der Waals surface area contributed by atoms with Gasteiger partial charge in [-0.1, -0.05) is 31.9 Å². The fraction of sp³-hybridized carbons (Fsp3) is 0.556. The van der Waals surface area contributed by atoms with Crippen LogP contribution < -0.4 is 0 Å². The molecule has 0 saturated carbocycles. The zero-order valence-corrected chi connectivity index (χ0v) is 9.45. The summed E-state index contributed by atoms with van der Waals surface area (Å²) in [5.74, 6) is 1.02. The molecule has 1 heterocycles. The molecule has 0 unspecified atom stereocenters. The Hall–Kier alpha value is -0.280. The predicted octanol–water partition coefficient (Wildman–Crippen LogP) is 3.19. The average Bonchev–Trinajstić information content (AvgIpc) is 2.11. The van der Waals surface area contributed by atoms with Crippen LogP contribution in [0.2, 0.25) is 5.15 Å². The van der Waals surface area contributed by atoms with Gasteiger partial charge in [-0.25, -0.2) is 9.97 Å². The number of halogens is 1. The highest BCUT2D eigenvalue weighted by Gasteiger charge is 2.08. The molecular formula is C9H13ClN2S. The zero-order valence-electron chi connectivity index (χ0n) is 7.88. The number of aromatic nitrogens is 2. The zero-order chi connectivity index (χ0) is 9.68. The van der Waals surface area contributed by atoms with E-state index in [1.165, 1.54) is 6.33 Å². The first kappa shape index (κ1) is 10.8. The smallest absolute Gasteiger partial charge is 0.136 e. The van der Waals surface area contributed by atoms with Crippen molar-refractivity contribution in [3.8, 4) is 0 Å². The summed E-state index contributed by atoms with van der Waals surface area (Å²) in [4.78, 5) is 8.20. The fourth-order valence-electron chi connectivity index (χ4n) is 1.10. The molecule has 0 saturated heterocycles. The lowest BCUT2D eigenvalue weighted by atomic mass is 10.2. The van der Waals surface area contributed by atoms with Gasteiger partial charge in [0.15, 0.2) is 0 Å². The summed E-state index contributed by atoms with van der Waals surface area (Å²) in [6.07, 6.45) is 3.56. The molecule has 0 atom stereocenters. The average molecular weight is 217 g/mol. The number of rotatable bonds is 4. The molecule has 0 N–H and O–H groups in total. The summed E-state index contributed by atoms with van der Waals surface area (Å²) in [6, 6.07) is 0. The van der Waals surface area contributed by atoms with Crippen LogP contribution in [-0.4, -0.2) is 15.7 Å². The van der Waals surface area contributed by atoms with Crippen molar-refractivity contribution in [1.82, 2.24) is 9.97 Å². The number of nitrogens with zero attached hydrogens (tertiary/aromatic N) is 2. The molecule has 2 nitrogen and oxygen atoms in total. The van der Waals surface area contributed by atoms with E-state index in [9.17, 15) is 0 Å². The van der Waals surface area contributed by atoms with Crippen LogP contribution >= 0.6 is 23.4 Å². The molecule has 1 rings (SSSR count). The van der Waals surface area contributed by atoms with Gasteiger partial charge in [-0.3, -0.25) is 0 Å². The lowest BCUT2D eigenvalue weighted by Gasteiger charge is -2.06. The Labute approximate surface area is 88.1 Å². The third-order valence-electron chi connectivity index (χ3n) is 1.63. The van der Waals surface area contributed by atoms with E-state index in [0.717, 1.165) is 29.2 Å². The first-order valence-electron chi connectivity index (χ1n) is 4.41. The molecule has 0 amide bonds. The van der Waals surface area contributed by atoms with E-state index >= 15 is 0 Å². The minimum Gasteiger partial charge on any atom is -0.230 e. The second kappa shape index (κ2) is 5.45. The lowest BCUT2D eigenvalue weighted by molar-refractivity contribution is 0.856. The molecule has 1 aromatic heterocycles. The highest BCUT2D eigenvalue weighted by atomic mass is 35.5. The molecule has 72 valence electrons. The third-order valence-corrected chi connectivity index (χ3v) is 2.87. The molecule has 0 aliphatic rings. The molecule has 0 aliphatic heterocycles. The standard InChI is InChI=1S/C9H13ClN2S/c1-3-5-7-8(10)11-6-12-9(7)13-4-2/h6H,3-5H2,1-2H3. The second-order valence-electron chi connectivity index (χ2n) is 2.63. The molecule has 0 bridgehead atoms. The van der Waals surface area contributed by atoms with Gasteiger partial charge in [0, 0.05) is 5.56 Å². The first-order chi connectivity index (χ1) is 6.29. The summed E-state index contributed by atoms with van der Waals surface area (Å²) < 4.78 is 0. The van der Waals surface area contributed by atoms with Crippen LogP contribution in [0.1, 0.15) is 25.8 Å². The van der Waals surface area contributed by atoms with Crippen molar-refractivity contribution in [3.63, 3.8) is 0 Å². The molecule has 13 heavy (non-hydrogen) atoms. The topological polar surface area (TPSA) is 25.8 Å². The molecule has 0 radical (unpaired) electrons. The van der Waals surface area contributed by atoms with Crippen molar-refractivity contribution < 1.29 is 0 Å². The summed E-state index contributed by atoms with van der Waals surface area (Å²) in [6.45, 7) is 4.24. The van der Waals surface area contributed by atoms with Crippen LogP contribution in [0, 0.1) is 0 Å². The van der Waals surface area contributed by atoms with Gasteiger partial charge >= 0.3 is 0 Å². The molecule has 0 spiro atoms. The molecular weight excluding hydrogens is 204 g/mol. The van der Waals surface area contributed by atoms with Gasteiger partial charge in [0.2, 0.25) is 0 Å². The van der Waals surface area contributed by atoms with Gasteiger partial charge in [0.25, 0.3) is 0 Å². The van der Waals surface area contributed by atoms with Gasteiger partial charge < -0.3 is 0 Å². The van der Waals surface area contributed by atoms with Crippen LogP contribution in [0.5, 0.6) is 0 Å². The molecule has 0 aromatic carbocycles. The van der Waals surface area contributed by atoms with Crippen molar-refractivity contribution in [1.29, 1.82) is 0 Å². The van der Waals surface area contributed by atoms with E-state index in [-0.39, 0.29) is 0 Å². The van der Waals surface area contributed by atoms with Gasteiger partial charge in [-0.2, -0.15) is 0 Å². The normalized spacial score (nSPS) is 10.4. The Kier molecular flexibility index (Phi) is 4.53. The molecule has 0 fully saturated rings. The maximum atomic E-state index is 5.98. The highest BCUT2D eigenvalue weighted by molar-refractivity contribution is 7.99. The SMILES string of the molecule is CCCc1c(Cl)ncnc1SCC. The Morgan fingerprint density at radius 2 is 2.15 bits per heavy atom. The Bertz CT molecular complexity index is 278. The Balaban J connectivity index is 2.95. The first-order valence-corrected chi connectivity index (χ1v) is 5.78. The lowest BCUT2D eigenvalue weighted by Crippen LogP contribution is -1.95. The van der Waals surface area contributed by atoms with Crippen molar-refractivity contribution in [2.75, 3.05) is 5.75 Å². The summed E-state index contributed by atoms with van der Waals surface area (Å²) in [5.41, 5.74) is 1.10. The van der Waals surface area contributed by atoms with Crippen LogP contribution in [0.15, 0.2) is 11.4 Å².